The van der Waals surface area contributed by atoms with E-state index < -0.39 is 0 Å². The van der Waals surface area contributed by atoms with Crippen molar-refractivity contribution in [3.05, 3.63) is 18.8 Å². The van der Waals surface area contributed by atoms with Crippen LogP contribution in [-0.2, 0) is 4.74 Å². The van der Waals surface area contributed by atoms with Crippen molar-refractivity contribution in [2.75, 3.05) is 6.61 Å². The second kappa shape index (κ2) is 3.77. The van der Waals surface area contributed by atoms with E-state index in [-0.39, 0.29) is 0 Å². The molecule has 1 saturated heterocycles. The number of epoxide rings is 1. The molecule has 0 spiro atoms. The van der Waals surface area contributed by atoms with E-state index in [2.05, 4.69) is 13.5 Å². The van der Waals surface area contributed by atoms with Gasteiger partial charge in [-0.1, -0.05) is 19.4 Å². The first-order valence-corrected chi connectivity index (χ1v) is 3.98. The first-order chi connectivity index (χ1) is 4.88. The van der Waals surface area contributed by atoms with Gasteiger partial charge in [0.05, 0.1) is 6.61 Å². The third-order valence-corrected chi connectivity index (χ3v) is 1.85. The first kappa shape index (κ1) is 7.80. The minimum absolute atomic E-state index is 0.669. The van der Waals surface area contributed by atoms with E-state index in [0.29, 0.717) is 5.92 Å². The molecule has 1 heteroatoms. The molecule has 0 aromatic rings. The van der Waals surface area contributed by atoms with Crippen molar-refractivity contribution in [1.29, 1.82) is 0 Å². The van der Waals surface area contributed by atoms with Gasteiger partial charge < -0.3 is 4.74 Å². The third kappa shape index (κ3) is 2.14. The molecule has 1 rings (SSSR count). The Morgan fingerprint density at radius 3 is 2.90 bits per heavy atom. The van der Waals surface area contributed by atoms with Crippen molar-refractivity contribution in [2.45, 2.75) is 26.2 Å². The Hall–Kier alpha value is -0.300. The van der Waals surface area contributed by atoms with E-state index in [1.165, 1.54) is 18.9 Å². The molecule has 1 aliphatic heterocycles. The van der Waals surface area contributed by atoms with Crippen LogP contribution in [0.4, 0.5) is 0 Å². The van der Waals surface area contributed by atoms with E-state index in [0.717, 1.165) is 13.0 Å². The smallest absolute Gasteiger partial charge is 0.126 e. The summed E-state index contributed by atoms with van der Waals surface area (Å²) in [5, 5.41) is 0. The van der Waals surface area contributed by atoms with Gasteiger partial charge in [-0.05, 0) is 18.8 Å². The lowest BCUT2D eigenvalue weighted by atomic mass is 9.97. The SMILES string of the molecule is C=CCC(CCC)[C]1CO1. The molecule has 0 aromatic heterocycles. The van der Waals surface area contributed by atoms with E-state index in [9.17, 15) is 0 Å². The lowest BCUT2D eigenvalue weighted by Crippen LogP contribution is -1.99. The summed E-state index contributed by atoms with van der Waals surface area (Å²) in [6, 6.07) is 0. The van der Waals surface area contributed by atoms with Gasteiger partial charge in [-0.2, -0.15) is 0 Å². The molecule has 0 saturated carbocycles. The third-order valence-electron chi connectivity index (χ3n) is 1.85. The van der Waals surface area contributed by atoms with Gasteiger partial charge in [0.25, 0.3) is 0 Å². The zero-order chi connectivity index (χ0) is 7.40. The molecular formula is C9H15O. The summed E-state index contributed by atoms with van der Waals surface area (Å²) in [7, 11) is 0. The van der Waals surface area contributed by atoms with Crippen molar-refractivity contribution in [1.82, 2.24) is 0 Å². The summed E-state index contributed by atoms with van der Waals surface area (Å²) in [6.07, 6.45) is 6.85. The summed E-state index contributed by atoms with van der Waals surface area (Å²) in [4.78, 5) is 0. The second-order valence-corrected chi connectivity index (χ2v) is 2.76. The zero-order valence-electron chi connectivity index (χ0n) is 6.60. The summed E-state index contributed by atoms with van der Waals surface area (Å²) in [5.74, 6) is 0.669. The van der Waals surface area contributed by atoms with E-state index in [1.807, 2.05) is 6.08 Å². The van der Waals surface area contributed by atoms with E-state index in [4.69, 9.17) is 4.74 Å². The zero-order valence-corrected chi connectivity index (χ0v) is 6.60. The molecule has 1 nitrogen and oxygen atoms in total. The molecule has 1 fully saturated rings. The fourth-order valence-electron chi connectivity index (χ4n) is 1.24. The molecule has 0 N–H and O–H groups in total. The normalized spacial score (nSPS) is 20.5. The van der Waals surface area contributed by atoms with Gasteiger partial charge in [0.2, 0.25) is 0 Å². The maximum absolute atomic E-state index is 5.14. The molecule has 1 atom stereocenters. The van der Waals surface area contributed by atoms with Crippen LogP contribution in [0.15, 0.2) is 12.7 Å². The Labute approximate surface area is 63.1 Å². The summed E-state index contributed by atoms with van der Waals surface area (Å²) in [5.41, 5.74) is 0. The maximum atomic E-state index is 5.14. The summed E-state index contributed by atoms with van der Waals surface area (Å²) < 4.78 is 5.14. The number of allylic oxidation sites excluding steroid dienone is 1. The van der Waals surface area contributed by atoms with Gasteiger partial charge in [0.15, 0.2) is 0 Å². The lowest BCUT2D eigenvalue weighted by Gasteiger charge is -2.08. The van der Waals surface area contributed by atoms with E-state index in [1.54, 1.807) is 0 Å². The Morgan fingerprint density at radius 2 is 2.50 bits per heavy atom. The number of ether oxygens (including phenoxy) is 1. The van der Waals surface area contributed by atoms with Crippen LogP contribution >= 0.6 is 0 Å². The molecule has 0 bridgehead atoms. The Morgan fingerprint density at radius 1 is 1.80 bits per heavy atom. The molecule has 0 amide bonds. The molecule has 1 aliphatic rings. The Balaban J connectivity index is 2.19. The summed E-state index contributed by atoms with van der Waals surface area (Å²) >= 11 is 0. The molecule has 10 heavy (non-hydrogen) atoms. The highest BCUT2D eigenvalue weighted by Gasteiger charge is 2.32. The summed E-state index contributed by atoms with van der Waals surface area (Å²) in [6.45, 7) is 6.83. The molecular weight excluding hydrogens is 124 g/mol. The van der Waals surface area contributed by atoms with Crippen LogP contribution in [0.25, 0.3) is 0 Å². The van der Waals surface area contributed by atoms with Crippen molar-refractivity contribution in [3.8, 4) is 0 Å². The molecule has 1 unspecified atom stereocenters. The van der Waals surface area contributed by atoms with Gasteiger partial charge in [0, 0.05) is 0 Å². The van der Waals surface area contributed by atoms with E-state index >= 15 is 0 Å². The maximum Gasteiger partial charge on any atom is 0.126 e. The second-order valence-electron chi connectivity index (χ2n) is 2.76. The highest BCUT2D eigenvalue weighted by atomic mass is 16.6. The largest absolute Gasteiger partial charge is 0.366 e. The van der Waals surface area contributed by atoms with Crippen LogP contribution in [0.1, 0.15) is 26.2 Å². The number of hydrogen-bond donors (Lipinski definition) is 0. The highest BCUT2D eigenvalue weighted by molar-refractivity contribution is 4.99. The first-order valence-electron chi connectivity index (χ1n) is 3.98. The van der Waals surface area contributed by atoms with Crippen LogP contribution in [0.5, 0.6) is 0 Å². The number of rotatable bonds is 5. The molecule has 0 aromatic carbocycles. The lowest BCUT2D eigenvalue weighted by molar-refractivity contribution is 0.388. The minimum Gasteiger partial charge on any atom is -0.366 e. The minimum atomic E-state index is 0.669. The molecule has 1 heterocycles. The van der Waals surface area contributed by atoms with Gasteiger partial charge in [-0.25, -0.2) is 0 Å². The van der Waals surface area contributed by atoms with Crippen molar-refractivity contribution < 1.29 is 4.74 Å². The number of hydrogen-bond acceptors (Lipinski definition) is 1. The predicted molar refractivity (Wildman–Crippen MR) is 42.4 cm³/mol. The molecule has 0 aliphatic carbocycles. The fraction of sp³-hybridized carbons (Fsp3) is 0.667. The van der Waals surface area contributed by atoms with Gasteiger partial charge in [0.1, 0.15) is 6.10 Å². The topological polar surface area (TPSA) is 12.5 Å². The van der Waals surface area contributed by atoms with Crippen molar-refractivity contribution >= 4 is 0 Å². The standard InChI is InChI=1S/C9H15O/c1-3-5-8(6-4-2)9-7-10-9/h3,8H,1,4-7H2,2H3. The van der Waals surface area contributed by atoms with Crippen molar-refractivity contribution in [3.63, 3.8) is 0 Å². The average molecular weight is 139 g/mol. The predicted octanol–water partition coefficient (Wildman–Crippen LogP) is 2.54. The quantitative estimate of drug-likeness (QED) is 0.421. The highest BCUT2D eigenvalue weighted by Crippen LogP contribution is 2.34. The fourth-order valence-corrected chi connectivity index (χ4v) is 1.24. The van der Waals surface area contributed by atoms with Crippen LogP contribution in [0.2, 0.25) is 0 Å². The molecule has 1 radical (unpaired) electrons. The van der Waals surface area contributed by atoms with Crippen LogP contribution < -0.4 is 0 Å². The van der Waals surface area contributed by atoms with Gasteiger partial charge >= 0.3 is 0 Å². The van der Waals surface area contributed by atoms with Crippen molar-refractivity contribution in [2.24, 2.45) is 5.92 Å². The van der Waals surface area contributed by atoms with Gasteiger partial charge in [-0.15, -0.1) is 6.58 Å². The van der Waals surface area contributed by atoms with Crippen LogP contribution in [0, 0.1) is 12.0 Å². The Bertz CT molecular complexity index is 105. The van der Waals surface area contributed by atoms with Crippen LogP contribution in [0.3, 0.4) is 0 Å². The monoisotopic (exact) mass is 139 g/mol. The Kier molecular flexibility index (Phi) is 2.94. The molecule has 57 valence electrons. The van der Waals surface area contributed by atoms with Crippen LogP contribution in [-0.4, -0.2) is 6.61 Å². The van der Waals surface area contributed by atoms with Gasteiger partial charge in [-0.3, -0.25) is 0 Å². The average Bonchev–Trinajstić information content (AvgIpc) is 2.69.